The zero-order valence-electron chi connectivity index (χ0n) is 15.5. The third-order valence-electron chi connectivity index (χ3n) is 4.98. The van der Waals surface area contributed by atoms with Gasteiger partial charge in [-0.15, -0.1) is 0 Å². The van der Waals surface area contributed by atoms with Gasteiger partial charge in [0.05, 0.1) is 41.1 Å². The molecular weight excluding hydrogens is 401 g/mol. The molecule has 2 aliphatic heterocycles. The molecule has 1 amide bonds. The van der Waals surface area contributed by atoms with Crippen molar-refractivity contribution in [3.8, 4) is 5.75 Å². The molecular formula is C21H21Cl2NO4. The molecule has 0 N–H and O–H groups in total. The van der Waals surface area contributed by atoms with E-state index in [0.29, 0.717) is 54.1 Å². The molecule has 1 saturated heterocycles. The molecule has 0 unspecified atom stereocenters. The highest BCUT2D eigenvalue weighted by molar-refractivity contribution is 6.38. The van der Waals surface area contributed by atoms with Crippen molar-refractivity contribution in [1.82, 2.24) is 0 Å². The van der Waals surface area contributed by atoms with Crippen LogP contribution in [-0.2, 0) is 20.1 Å². The van der Waals surface area contributed by atoms with E-state index in [2.05, 4.69) is 0 Å². The van der Waals surface area contributed by atoms with Crippen molar-refractivity contribution in [2.75, 3.05) is 31.3 Å². The Hall–Kier alpha value is -1.79. The second-order valence-electron chi connectivity index (χ2n) is 6.84. The van der Waals surface area contributed by atoms with E-state index >= 15 is 0 Å². The van der Waals surface area contributed by atoms with Crippen molar-refractivity contribution < 1.29 is 19.0 Å². The summed E-state index contributed by atoms with van der Waals surface area (Å²) in [7, 11) is 0. The van der Waals surface area contributed by atoms with Crippen LogP contribution in [0.3, 0.4) is 0 Å². The molecule has 0 aromatic heterocycles. The number of carbonyl (C=O) groups is 1. The molecule has 2 aromatic carbocycles. The summed E-state index contributed by atoms with van der Waals surface area (Å²) in [4.78, 5) is 14.9. The zero-order chi connectivity index (χ0) is 19.7. The monoisotopic (exact) mass is 421 g/mol. The fourth-order valence-electron chi connectivity index (χ4n) is 3.64. The van der Waals surface area contributed by atoms with Crippen molar-refractivity contribution in [1.29, 1.82) is 0 Å². The molecule has 0 atom stereocenters. The van der Waals surface area contributed by atoms with Crippen LogP contribution in [0.2, 0.25) is 10.0 Å². The first kappa shape index (κ1) is 19.5. The summed E-state index contributed by atoms with van der Waals surface area (Å²) in [6.07, 6.45) is 1.35. The minimum Gasteiger partial charge on any atom is -0.493 e. The van der Waals surface area contributed by atoms with Crippen LogP contribution in [0, 0.1) is 6.92 Å². The van der Waals surface area contributed by atoms with Gasteiger partial charge in [0.15, 0.2) is 0 Å². The molecule has 7 heteroatoms. The van der Waals surface area contributed by atoms with E-state index in [0.717, 1.165) is 17.7 Å². The fraction of sp³-hybridized carbons (Fsp3) is 0.381. The average molecular weight is 422 g/mol. The van der Waals surface area contributed by atoms with Crippen molar-refractivity contribution in [2.45, 2.75) is 25.6 Å². The van der Waals surface area contributed by atoms with Gasteiger partial charge in [-0.25, -0.2) is 0 Å². The van der Waals surface area contributed by atoms with E-state index in [1.807, 2.05) is 31.2 Å². The number of nitrogens with zero attached hydrogens (tertiary/aromatic N) is 1. The van der Waals surface area contributed by atoms with Gasteiger partial charge in [0.1, 0.15) is 5.75 Å². The van der Waals surface area contributed by atoms with Crippen molar-refractivity contribution in [3.05, 3.63) is 57.6 Å². The fourth-order valence-corrected chi connectivity index (χ4v) is 4.18. The largest absolute Gasteiger partial charge is 0.493 e. The number of aryl methyl sites for hydroxylation is 1. The predicted molar refractivity (Wildman–Crippen MR) is 108 cm³/mol. The van der Waals surface area contributed by atoms with Crippen LogP contribution in [0.25, 0.3) is 0 Å². The van der Waals surface area contributed by atoms with E-state index in [-0.39, 0.29) is 5.91 Å². The minimum absolute atomic E-state index is 0.284. The number of hydrogen-bond donors (Lipinski definition) is 0. The third kappa shape index (κ3) is 3.26. The van der Waals surface area contributed by atoms with Gasteiger partial charge in [0, 0.05) is 6.54 Å². The minimum atomic E-state index is -1.49. The Bertz CT molecular complexity index is 896. The van der Waals surface area contributed by atoms with E-state index in [1.165, 1.54) is 0 Å². The highest BCUT2D eigenvalue weighted by atomic mass is 35.5. The molecule has 2 aromatic rings. The van der Waals surface area contributed by atoms with Crippen LogP contribution < -0.4 is 9.64 Å². The van der Waals surface area contributed by atoms with Gasteiger partial charge in [-0.2, -0.15) is 0 Å². The Morgan fingerprint density at radius 2 is 1.82 bits per heavy atom. The van der Waals surface area contributed by atoms with Crippen LogP contribution in [0.4, 0.5) is 5.69 Å². The van der Waals surface area contributed by atoms with Gasteiger partial charge in [0.2, 0.25) is 0 Å². The number of anilines is 1. The number of carbonyl (C=O) groups excluding carboxylic acids is 1. The molecule has 28 heavy (non-hydrogen) atoms. The number of para-hydroxylation sites is 1. The van der Waals surface area contributed by atoms with Gasteiger partial charge >= 0.3 is 0 Å². The molecule has 4 rings (SSSR count). The standard InChI is InChI=1S/C21H21Cl2NO4/c1-14-6-2-3-7-17(14)26-11-4-10-24-19-16(23)9-8-15(22)18(19)21(20(24)25)27-12-5-13-28-21/h2-3,6-9H,4-5,10-13H2,1H3. The summed E-state index contributed by atoms with van der Waals surface area (Å²) in [6, 6.07) is 11.2. The lowest BCUT2D eigenvalue weighted by Crippen LogP contribution is -2.47. The SMILES string of the molecule is Cc1ccccc1OCCCN1C(=O)C2(OCCCO2)c2c(Cl)ccc(Cl)c21. The topological polar surface area (TPSA) is 48.0 Å². The van der Waals surface area contributed by atoms with Crippen molar-refractivity contribution in [3.63, 3.8) is 0 Å². The average Bonchev–Trinajstić information content (AvgIpc) is 2.93. The summed E-state index contributed by atoms with van der Waals surface area (Å²) < 4.78 is 17.5. The second kappa shape index (κ2) is 7.91. The summed E-state index contributed by atoms with van der Waals surface area (Å²) in [5, 5.41) is 0.857. The zero-order valence-corrected chi connectivity index (χ0v) is 17.1. The number of rotatable bonds is 5. The van der Waals surface area contributed by atoms with Crippen molar-refractivity contribution in [2.24, 2.45) is 0 Å². The van der Waals surface area contributed by atoms with Crippen LogP contribution in [0.15, 0.2) is 36.4 Å². The summed E-state index contributed by atoms with van der Waals surface area (Å²) >= 11 is 12.9. The lowest BCUT2D eigenvalue weighted by Gasteiger charge is -2.32. The number of amides is 1. The van der Waals surface area contributed by atoms with Gasteiger partial charge < -0.3 is 19.1 Å². The Morgan fingerprint density at radius 3 is 2.57 bits per heavy atom. The van der Waals surface area contributed by atoms with Crippen LogP contribution in [-0.4, -0.2) is 32.3 Å². The summed E-state index contributed by atoms with van der Waals surface area (Å²) in [6.45, 7) is 3.75. The molecule has 0 aliphatic carbocycles. The molecule has 1 spiro atoms. The van der Waals surface area contributed by atoms with E-state index in [9.17, 15) is 4.79 Å². The molecule has 0 bridgehead atoms. The number of hydrogen-bond acceptors (Lipinski definition) is 4. The van der Waals surface area contributed by atoms with Gasteiger partial charge in [0.25, 0.3) is 11.7 Å². The van der Waals surface area contributed by atoms with Gasteiger partial charge in [-0.1, -0.05) is 41.4 Å². The van der Waals surface area contributed by atoms with Gasteiger partial charge in [-0.3, -0.25) is 4.79 Å². The molecule has 2 aliphatic rings. The lowest BCUT2D eigenvalue weighted by atomic mass is 10.1. The number of ether oxygens (including phenoxy) is 3. The highest BCUT2D eigenvalue weighted by Gasteiger charge is 2.56. The van der Waals surface area contributed by atoms with Crippen LogP contribution in [0.5, 0.6) is 5.75 Å². The normalized spacial score (nSPS) is 17.8. The summed E-state index contributed by atoms with van der Waals surface area (Å²) in [5.74, 6) is -0.938. The Kier molecular flexibility index (Phi) is 5.52. The molecule has 148 valence electrons. The maximum absolute atomic E-state index is 13.3. The number of halogens is 2. The maximum Gasteiger partial charge on any atom is 0.292 e. The lowest BCUT2D eigenvalue weighted by molar-refractivity contribution is -0.256. The Labute approximate surface area is 174 Å². The Morgan fingerprint density at radius 1 is 1.11 bits per heavy atom. The first-order valence-corrected chi connectivity index (χ1v) is 10.1. The first-order valence-electron chi connectivity index (χ1n) is 9.31. The van der Waals surface area contributed by atoms with Crippen LogP contribution in [0.1, 0.15) is 24.0 Å². The van der Waals surface area contributed by atoms with E-state index in [1.54, 1.807) is 17.0 Å². The van der Waals surface area contributed by atoms with E-state index in [4.69, 9.17) is 37.4 Å². The van der Waals surface area contributed by atoms with Crippen LogP contribution >= 0.6 is 23.2 Å². The maximum atomic E-state index is 13.3. The molecule has 5 nitrogen and oxygen atoms in total. The predicted octanol–water partition coefficient (Wildman–Crippen LogP) is 4.71. The highest BCUT2D eigenvalue weighted by Crippen LogP contribution is 2.51. The molecule has 1 fully saturated rings. The summed E-state index contributed by atoms with van der Waals surface area (Å²) in [5.41, 5.74) is 2.14. The second-order valence-corrected chi connectivity index (χ2v) is 7.66. The van der Waals surface area contributed by atoms with E-state index < -0.39 is 5.79 Å². The molecule has 0 saturated carbocycles. The van der Waals surface area contributed by atoms with Crippen molar-refractivity contribution >= 4 is 34.8 Å². The third-order valence-corrected chi connectivity index (χ3v) is 5.60. The number of fused-ring (bicyclic) bond motifs is 2. The first-order chi connectivity index (χ1) is 13.5. The Balaban J connectivity index is 1.54. The quantitative estimate of drug-likeness (QED) is 0.655. The van der Waals surface area contributed by atoms with Gasteiger partial charge in [-0.05, 0) is 43.5 Å². The molecule has 2 heterocycles. The smallest absolute Gasteiger partial charge is 0.292 e. The number of benzene rings is 2. The molecule has 0 radical (unpaired) electrons.